The third kappa shape index (κ3) is 5.67. The number of phenolic OH excluding ortho intramolecular Hbond substituents is 1. The van der Waals surface area contributed by atoms with E-state index in [0.717, 1.165) is 6.08 Å². The predicted molar refractivity (Wildman–Crippen MR) is 70.8 cm³/mol. The fourth-order valence-corrected chi connectivity index (χ4v) is 1.95. The first-order valence-corrected chi connectivity index (χ1v) is 6.92. The van der Waals surface area contributed by atoms with E-state index in [0.29, 0.717) is 12.0 Å². The predicted octanol–water partition coefficient (Wildman–Crippen LogP) is 1.95. The minimum absolute atomic E-state index is 0.129. The molecule has 1 aromatic rings. The summed E-state index contributed by atoms with van der Waals surface area (Å²) >= 11 is -2.43. The van der Waals surface area contributed by atoms with Crippen molar-refractivity contribution in [1.82, 2.24) is 0 Å². The van der Waals surface area contributed by atoms with Gasteiger partial charge in [-0.1, -0.05) is 25.5 Å². The van der Waals surface area contributed by atoms with Crippen LogP contribution in [0.1, 0.15) is 25.3 Å². The molecular formula is C13H15O5S-. The molecule has 0 radical (unpaired) electrons. The van der Waals surface area contributed by atoms with Gasteiger partial charge in [0, 0.05) is 6.08 Å². The lowest BCUT2D eigenvalue weighted by atomic mass is 10.2. The van der Waals surface area contributed by atoms with Crippen molar-refractivity contribution >= 4 is 23.1 Å². The summed E-state index contributed by atoms with van der Waals surface area (Å²) in [6, 6.07) is 6.21. The summed E-state index contributed by atoms with van der Waals surface area (Å²) in [6.07, 6.45) is 3.52. The number of benzene rings is 1. The lowest BCUT2D eigenvalue weighted by molar-refractivity contribution is -0.139. The van der Waals surface area contributed by atoms with Crippen molar-refractivity contribution in [2.24, 2.45) is 0 Å². The Balaban J connectivity index is 2.58. The summed E-state index contributed by atoms with van der Waals surface area (Å²) in [5, 5.41) is 9.09. The molecule has 0 fully saturated rings. The summed E-state index contributed by atoms with van der Waals surface area (Å²) in [4.78, 5) is 11.4. The van der Waals surface area contributed by atoms with Crippen LogP contribution in [0.4, 0.5) is 0 Å². The monoisotopic (exact) mass is 283 g/mol. The number of phenols is 1. The van der Waals surface area contributed by atoms with Crippen LogP contribution in [-0.4, -0.2) is 25.3 Å². The first-order chi connectivity index (χ1) is 9.02. The maximum atomic E-state index is 11.4. The summed E-state index contributed by atoms with van der Waals surface area (Å²) < 4.78 is 26.4. The van der Waals surface area contributed by atoms with Crippen LogP contribution in [0.3, 0.4) is 0 Å². The Labute approximate surface area is 114 Å². The molecule has 0 heterocycles. The second-order valence-electron chi connectivity index (χ2n) is 3.84. The molecule has 0 aliphatic carbocycles. The molecule has 0 saturated heterocycles. The molecule has 0 aliphatic heterocycles. The summed E-state index contributed by atoms with van der Waals surface area (Å²) in [7, 11) is 0. The molecule has 0 spiro atoms. The lowest BCUT2D eigenvalue weighted by Crippen LogP contribution is -2.21. The fraction of sp³-hybridized carbons (Fsp3) is 0.308. The molecule has 1 N–H and O–H groups in total. The zero-order chi connectivity index (χ0) is 14.3. The quantitative estimate of drug-likeness (QED) is 0.490. The van der Waals surface area contributed by atoms with Crippen molar-refractivity contribution in [3.05, 3.63) is 35.9 Å². The van der Waals surface area contributed by atoms with Crippen LogP contribution in [0.2, 0.25) is 0 Å². The van der Waals surface area contributed by atoms with Crippen LogP contribution >= 0.6 is 0 Å². The van der Waals surface area contributed by atoms with Gasteiger partial charge in [0.05, 0.1) is 0 Å². The van der Waals surface area contributed by atoms with Gasteiger partial charge < -0.3 is 14.4 Å². The van der Waals surface area contributed by atoms with Crippen LogP contribution in [0.5, 0.6) is 5.75 Å². The Morgan fingerprint density at radius 1 is 1.47 bits per heavy atom. The Hall–Kier alpha value is -1.66. The van der Waals surface area contributed by atoms with E-state index >= 15 is 0 Å². The number of esters is 1. The molecule has 1 aromatic carbocycles. The van der Waals surface area contributed by atoms with Crippen molar-refractivity contribution in [2.45, 2.75) is 25.2 Å². The standard InChI is InChI=1S/C13H16O5S/c1-2-3-13(19(16)17)18-12(15)9-6-10-4-7-11(14)8-5-10/h4-9,13-14H,2-3H2,1H3,(H,16,17)/p-1/b9-6+. The van der Waals surface area contributed by atoms with Gasteiger partial charge in [-0.2, -0.15) is 0 Å². The Bertz CT molecular complexity index is 466. The molecule has 0 aliphatic rings. The van der Waals surface area contributed by atoms with E-state index in [9.17, 15) is 13.6 Å². The summed E-state index contributed by atoms with van der Waals surface area (Å²) in [5.41, 5.74) is -0.410. The van der Waals surface area contributed by atoms with Crippen molar-refractivity contribution in [3.63, 3.8) is 0 Å². The van der Waals surface area contributed by atoms with E-state index in [1.165, 1.54) is 18.2 Å². The zero-order valence-electron chi connectivity index (χ0n) is 10.4. The molecule has 2 atom stereocenters. The van der Waals surface area contributed by atoms with E-state index < -0.39 is 22.5 Å². The second-order valence-corrected chi connectivity index (χ2v) is 4.89. The minimum atomic E-state index is -2.43. The van der Waals surface area contributed by atoms with Crippen LogP contribution < -0.4 is 0 Å². The molecule has 0 saturated carbocycles. The number of hydrogen-bond acceptors (Lipinski definition) is 5. The van der Waals surface area contributed by atoms with Gasteiger partial charge in [0.1, 0.15) is 5.75 Å². The molecular weight excluding hydrogens is 268 g/mol. The average molecular weight is 283 g/mol. The van der Waals surface area contributed by atoms with Crippen molar-refractivity contribution in [3.8, 4) is 5.75 Å². The number of aromatic hydroxyl groups is 1. The van der Waals surface area contributed by atoms with Gasteiger partial charge in [-0.05, 0) is 41.3 Å². The van der Waals surface area contributed by atoms with E-state index in [-0.39, 0.29) is 12.2 Å². The third-order valence-corrected chi connectivity index (χ3v) is 3.05. The first-order valence-electron chi connectivity index (χ1n) is 5.78. The van der Waals surface area contributed by atoms with Gasteiger partial charge in [-0.15, -0.1) is 0 Å². The van der Waals surface area contributed by atoms with Crippen LogP contribution in [0.15, 0.2) is 30.3 Å². The Kier molecular flexibility index (Phi) is 6.24. The molecule has 0 bridgehead atoms. The van der Waals surface area contributed by atoms with Crippen LogP contribution in [0.25, 0.3) is 6.08 Å². The van der Waals surface area contributed by atoms with E-state index in [1.54, 1.807) is 19.1 Å². The molecule has 2 unspecified atom stereocenters. The van der Waals surface area contributed by atoms with Gasteiger partial charge in [0.15, 0.2) is 5.44 Å². The largest absolute Gasteiger partial charge is 0.770 e. The van der Waals surface area contributed by atoms with Gasteiger partial charge >= 0.3 is 5.97 Å². The highest BCUT2D eigenvalue weighted by Gasteiger charge is 2.12. The molecule has 19 heavy (non-hydrogen) atoms. The highest BCUT2D eigenvalue weighted by Crippen LogP contribution is 2.11. The number of hydrogen-bond donors (Lipinski definition) is 1. The van der Waals surface area contributed by atoms with E-state index in [1.807, 2.05) is 0 Å². The van der Waals surface area contributed by atoms with Gasteiger partial charge in [0.25, 0.3) is 0 Å². The maximum Gasteiger partial charge on any atom is 0.331 e. The van der Waals surface area contributed by atoms with Crippen molar-refractivity contribution in [2.75, 3.05) is 0 Å². The SMILES string of the molecule is CCCC(OC(=O)/C=C/c1ccc(O)cc1)S(=O)[O-]. The highest BCUT2D eigenvalue weighted by atomic mass is 32.2. The maximum absolute atomic E-state index is 11.4. The van der Waals surface area contributed by atoms with Crippen molar-refractivity contribution in [1.29, 1.82) is 0 Å². The van der Waals surface area contributed by atoms with Crippen molar-refractivity contribution < 1.29 is 23.4 Å². The number of rotatable bonds is 6. The number of ether oxygens (including phenoxy) is 1. The number of carbonyl (C=O) groups is 1. The zero-order valence-corrected chi connectivity index (χ0v) is 11.3. The topological polar surface area (TPSA) is 86.7 Å². The Morgan fingerprint density at radius 3 is 2.63 bits per heavy atom. The third-order valence-electron chi connectivity index (χ3n) is 2.29. The molecule has 104 valence electrons. The first kappa shape index (κ1) is 15.4. The summed E-state index contributed by atoms with van der Waals surface area (Å²) in [5.74, 6) is -0.583. The van der Waals surface area contributed by atoms with Crippen LogP contribution in [0, 0.1) is 0 Å². The lowest BCUT2D eigenvalue weighted by Gasteiger charge is -2.18. The Morgan fingerprint density at radius 2 is 2.11 bits per heavy atom. The van der Waals surface area contributed by atoms with E-state index in [4.69, 9.17) is 9.84 Å². The molecule has 0 aromatic heterocycles. The number of carbonyl (C=O) groups excluding carboxylic acids is 1. The van der Waals surface area contributed by atoms with Crippen LogP contribution in [-0.2, 0) is 20.6 Å². The molecule has 1 rings (SSSR count). The van der Waals surface area contributed by atoms with E-state index in [2.05, 4.69) is 0 Å². The average Bonchev–Trinajstić information content (AvgIpc) is 2.37. The fourth-order valence-electron chi connectivity index (χ4n) is 1.35. The van der Waals surface area contributed by atoms with Gasteiger partial charge in [-0.3, -0.25) is 4.21 Å². The minimum Gasteiger partial charge on any atom is -0.770 e. The smallest absolute Gasteiger partial charge is 0.331 e. The molecule has 5 nitrogen and oxygen atoms in total. The highest BCUT2D eigenvalue weighted by molar-refractivity contribution is 7.79. The molecule has 6 heteroatoms. The van der Waals surface area contributed by atoms with Gasteiger partial charge in [0.2, 0.25) is 0 Å². The van der Waals surface area contributed by atoms with Gasteiger partial charge in [-0.25, -0.2) is 4.79 Å². The normalized spacial score (nSPS) is 14.2. The second kappa shape index (κ2) is 7.70. The summed E-state index contributed by atoms with van der Waals surface area (Å²) in [6.45, 7) is 1.81. The molecule has 0 amide bonds.